The highest BCUT2D eigenvalue weighted by Crippen LogP contribution is 2.32. The predicted octanol–water partition coefficient (Wildman–Crippen LogP) is 4.05. The zero-order valence-electron chi connectivity index (χ0n) is 15.2. The maximum Gasteiger partial charge on any atom is 0.234 e. The van der Waals surface area contributed by atoms with E-state index in [-0.39, 0.29) is 12.0 Å². The summed E-state index contributed by atoms with van der Waals surface area (Å²) in [4.78, 5) is 14.8. The average molecular weight is 371 g/mol. The third-order valence-electron chi connectivity index (χ3n) is 5.31. The topological polar surface area (TPSA) is 41.6 Å². The van der Waals surface area contributed by atoms with Gasteiger partial charge in [0.15, 0.2) is 0 Å². The lowest BCUT2D eigenvalue weighted by Gasteiger charge is -2.24. The molecule has 2 heterocycles. The van der Waals surface area contributed by atoms with Crippen molar-refractivity contribution >= 4 is 17.2 Å². The van der Waals surface area contributed by atoms with Gasteiger partial charge in [-0.1, -0.05) is 30.5 Å². The monoisotopic (exact) mass is 370 g/mol. The number of amides is 1. The number of nitrogens with zero attached hydrogens (tertiary/aromatic N) is 1. The molecule has 1 aliphatic carbocycles. The van der Waals surface area contributed by atoms with E-state index in [0.717, 1.165) is 37.2 Å². The molecule has 26 heavy (non-hydrogen) atoms. The van der Waals surface area contributed by atoms with Crippen molar-refractivity contribution in [1.29, 1.82) is 0 Å². The summed E-state index contributed by atoms with van der Waals surface area (Å²) in [5, 5.41) is 7.43. The van der Waals surface area contributed by atoms with Crippen molar-refractivity contribution < 1.29 is 9.53 Å². The van der Waals surface area contributed by atoms with Gasteiger partial charge in [-0.2, -0.15) is 11.3 Å². The lowest BCUT2D eigenvalue weighted by Crippen LogP contribution is -2.42. The quantitative estimate of drug-likeness (QED) is 0.883. The summed E-state index contributed by atoms with van der Waals surface area (Å²) in [6, 6.07) is 8.81. The van der Waals surface area contributed by atoms with Crippen LogP contribution in [-0.2, 0) is 11.3 Å². The summed E-state index contributed by atoms with van der Waals surface area (Å²) in [6.45, 7) is 3.99. The number of hydrogen-bond acceptors (Lipinski definition) is 4. The number of aryl methyl sites for hydroxylation is 1. The van der Waals surface area contributed by atoms with Crippen LogP contribution in [0, 0.1) is 6.92 Å². The summed E-state index contributed by atoms with van der Waals surface area (Å²) >= 11 is 1.68. The first-order valence-electron chi connectivity index (χ1n) is 9.47. The molecule has 1 fully saturated rings. The highest BCUT2D eigenvalue weighted by molar-refractivity contribution is 7.07. The highest BCUT2D eigenvalue weighted by atomic mass is 32.1. The molecular weight excluding hydrogens is 344 g/mol. The molecule has 1 aromatic carbocycles. The van der Waals surface area contributed by atoms with Crippen molar-refractivity contribution in [3.8, 4) is 5.75 Å². The molecule has 0 bridgehead atoms. The van der Waals surface area contributed by atoms with Gasteiger partial charge in [0.1, 0.15) is 11.9 Å². The minimum Gasteiger partial charge on any atom is -0.484 e. The molecule has 1 aliphatic heterocycles. The zero-order valence-corrected chi connectivity index (χ0v) is 16.1. The first kappa shape index (κ1) is 17.6. The van der Waals surface area contributed by atoms with E-state index in [1.54, 1.807) is 11.3 Å². The molecule has 0 spiro atoms. The third kappa shape index (κ3) is 4.10. The Kier molecular flexibility index (Phi) is 5.27. The van der Waals surface area contributed by atoms with Crippen LogP contribution in [0.15, 0.2) is 35.0 Å². The van der Waals surface area contributed by atoms with Crippen LogP contribution in [0.1, 0.15) is 48.5 Å². The van der Waals surface area contributed by atoms with Gasteiger partial charge in [0.05, 0.1) is 6.54 Å². The fourth-order valence-corrected chi connectivity index (χ4v) is 4.68. The Morgan fingerprint density at radius 1 is 1.31 bits per heavy atom. The van der Waals surface area contributed by atoms with Crippen LogP contribution in [0.3, 0.4) is 0 Å². The second kappa shape index (κ2) is 7.80. The van der Waals surface area contributed by atoms with E-state index in [4.69, 9.17) is 4.74 Å². The second-order valence-corrected chi connectivity index (χ2v) is 8.27. The number of nitrogens with one attached hydrogen (secondary N) is 1. The zero-order chi connectivity index (χ0) is 17.9. The molecule has 1 saturated carbocycles. The van der Waals surface area contributed by atoms with Crippen LogP contribution < -0.4 is 10.1 Å². The minimum absolute atomic E-state index is 0.0375. The lowest BCUT2D eigenvalue weighted by atomic mass is 10.1. The van der Waals surface area contributed by atoms with E-state index in [1.807, 2.05) is 0 Å². The van der Waals surface area contributed by atoms with Crippen molar-refractivity contribution in [2.75, 3.05) is 13.1 Å². The van der Waals surface area contributed by atoms with Crippen molar-refractivity contribution in [3.63, 3.8) is 0 Å². The standard InChI is InChI=1S/C21H26N2O2S/c1-15-6-7-19-17(10-15)11-23(12-20(25-19)16-8-9-26-14-16)13-21(24)22-18-4-2-3-5-18/h6-10,14,18,20H,2-5,11-13H2,1H3,(H,22,24)/t20-/m0/s1. The summed E-state index contributed by atoms with van der Waals surface area (Å²) in [5.41, 5.74) is 3.57. The van der Waals surface area contributed by atoms with E-state index in [2.05, 4.69) is 52.2 Å². The molecule has 1 atom stereocenters. The van der Waals surface area contributed by atoms with Gasteiger partial charge >= 0.3 is 0 Å². The van der Waals surface area contributed by atoms with Gasteiger partial charge in [-0.3, -0.25) is 9.69 Å². The van der Waals surface area contributed by atoms with Gasteiger partial charge in [0, 0.05) is 30.3 Å². The summed E-state index contributed by atoms with van der Waals surface area (Å²) in [7, 11) is 0. The Labute approximate surface area is 159 Å². The van der Waals surface area contributed by atoms with Gasteiger partial charge in [0.2, 0.25) is 5.91 Å². The summed E-state index contributed by atoms with van der Waals surface area (Å²) in [6.07, 6.45) is 4.66. The first-order chi connectivity index (χ1) is 12.7. The molecule has 1 N–H and O–H groups in total. The summed E-state index contributed by atoms with van der Waals surface area (Å²) < 4.78 is 6.33. The largest absolute Gasteiger partial charge is 0.484 e. The Hall–Kier alpha value is -1.85. The fourth-order valence-electron chi connectivity index (χ4n) is 3.98. The second-order valence-electron chi connectivity index (χ2n) is 7.49. The van der Waals surface area contributed by atoms with Gasteiger partial charge in [-0.15, -0.1) is 0 Å². The maximum absolute atomic E-state index is 12.6. The van der Waals surface area contributed by atoms with Gasteiger partial charge in [-0.25, -0.2) is 0 Å². The molecule has 0 radical (unpaired) electrons. The van der Waals surface area contributed by atoms with Crippen LogP contribution in [0.25, 0.3) is 0 Å². The molecule has 0 saturated heterocycles. The lowest BCUT2D eigenvalue weighted by molar-refractivity contribution is -0.123. The van der Waals surface area contributed by atoms with Crippen LogP contribution in [0.5, 0.6) is 5.75 Å². The Bertz CT molecular complexity index is 753. The van der Waals surface area contributed by atoms with Crippen molar-refractivity contribution in [2.24, 2.45) is 0 Å². The molecule has 0 unspecified atom stereocenters. The van der Waals surface area contributed by atoms with Crippen LogP contribution in [0.2, 0.25) is 0 Å². The average Bonchev–Trinajstić information content (AvgIpc) is 3.27. The van der Waals surface area contributed by atoms with Crippen molar-refractivity contribution in [2.45, 2.75) is 51.3 Å². The number of ether oxygens (including phenoxy) is 1. The van der Waals surface area contributed by atoms with Crippen LogP contribution in [0.4, 0.5) is 0 Å². The molecule has 2 aliphatic rings. The minimum atomic E-state index is -0.0375. The molecule has 4 nitrogen and oxygen atoms in total. The van der Waals surface area contributed by atoms with Gasteiger partial charge in [-0.05, 0) is 42.7 Å². The van der Waals surface area contributed by atoms with Crippen molar-refractivity contribution in [1.82, 2.24) is 10.2 Å². The summed E-state index contributed by atoms with van der Waals surface area (Å²) in [5.74, 6) is 1.07. The molecule has 4 rings (SSSR count). The highest BCUT2D eigenvalue weighted by Gasteiger charge is 2.27. The number of fused-ring (bicyclic) bond motifs is 1. The van der Waals surface area contributed by atoms with Crippen LogP contribution in [-0.4, -0.2) is 29.9 Å². The number of carbonyl (C=O) groups excluding carboxylic acids is 1. The molecule has 5 heteroatoms. The van der Waals surface area contributed by atoms with E-state index in [9.17, 15) is 4.79 Å². The van der Waals surface area contributed by atoms with Gasteiger partial charge in [0.25, 0.3) is 0 Å². The number of benzene rings is 1. The number of hydrogen-bond donors (Lipinski definition) is 1. The molecule has 138 valence electrons. The van der Waals surface area contributed by atoms with Crippen molar-refractivity contribution in [3.05, 3.63) is 51.7 Å². The normalized spacial score (nSPS) is 21.0. The molecule has 2 aromatic rings. The number of carbonyl (C=O) groups is 1. The van der Waals surface area contributed by atoms with E-state index >= 15 is 0 Å². The SMILES string of the molecule is Cc1ccc2c(c1)CN(CC(=O)NC1CCCC1)C[C@@H](c1ccsc1)O2. The maximum atomic E-state index is 12.6. The number of rotatable bonds is 4. The first-order valence-corrected chi connectivity index (χ1v) is 10.4. The molecule has 1 amide bonds. The number of thiophene rings is 1. The van der Waals surface area contributed by atoms with E-state index in [1.165, 1.54) is 24.0 Å². The van der Waals surface area contributed by atoms with Crippen LogP contribution >= 0.6 is 11.3 Å². The van der Waals surface area contributed by atoms with E-state index in [0.29, 0.717) is 12.6 Å². The third-order valence-corrected chi connectivity index (χ3v) is 6.01. The fraction of sp³-hybridized carbons (Fsp3) is 0.476. The van der Waals surface area contributed by atoms with E-state index < -0.39 is 0 Å². The smallest absolute Gasteiger partial charge is 0.234 e. The Morgan fingerprint density at radius 3 is 2.92 bits per heavy atom. The Balaban J connectivity index is 1.52. The predicted molar refractivity (Wildman–Crippen MR) is 105 cm³/mol. The molecular formula is C21H26N2O2S. The molecule has 1 aromatic heterocycles. The Morgan fingerprint density at radius 2 is 2.15 bits per heavy atom. The van der Waals surface area contributed by atoms with Gasteiger partial charge < -0.3 is 10.1 Å².